The van der Waals surface area contributed by atoms with E-state index in [0.717, 1.165) is 22.5 Å². The molecule has 9 heteroatoms. The number of rotatable bonds is 10. The number of nitrogens with zero attached hydrogens (tertiary/aromatic N) is 3. The van der Waals surface area contributed by atoms with Crippen molar-refractivity contribution < 1.29 is 4.74 Å². The van der Waals surface area contributed by atoms with Crippen molar-refractivity contribution in [3.05, 3.63) is 76.1 Å². The van der Waals surface area contributed by atoms with E-state index < -0.39 is 0 Å². The zero-order chi connectivity index (χ0) is 23.8. The molecule has 0 saturated carbocycles. The number of nitriles is 1. The second-order valence-electron chi connectivity index (χ2n) is 7.72. The van der Waals surface area contributed by atoms with E-state index >= 15 is 0 Å². The second kappa shape index (κ2) is 11.5. The lowest BCUT2D eigenvalue weighted by Crippen LogP contribution is -2.19. The van der Waals surface area contributed by atoms with Gasteiger partial charge in [-0.3, -0.25) is 4.72 Å². The maximum Gasteiger partial charge on any atom is 0.233 e. The molecule has 1 heterocycles. The second-order valence-corrected chi connectivity index (χ2v) is 9.12. The van der Waals surface area contributed by atoms with Gasteiger partial charge < -0.3 is 10.1 Å². The maximum atomic E-state index is 9.60. The average Bonchev–Trinajstić information content (AvgIpc) is 2.82. The molecule has 0 bridgehead atoms. The number of halogens is 2. The lowest BCUT2D eigenvalue weighted by Gasteiger charge is -2.27. The Bertz CT molecular complexity index is 1130. The smallest absolute Gasteiger partial charge is 0.233 e. The van der Waals surface area contributed by atoms with E-state index in [0.29, 0.717) is 34.7 Å². The van der Waals surface area contributed by atoms with Crippen molar-refractivity contribution in [2.75, 3.05) is 28.8 Å². The van der Waals surface area contributed by atoms with Crippen LogP contribution in [0.5, 0.6) is 5.75 Å². The normalized spacial score (nSPS) is 11.0. The van der Waals surface area contributed by atoms with Gasteiger partial charge in [0.25, 0.3) is 0 Å². The summed E-state index contributed by atoms with van der Waals surface area (Å²) in [5.41, 5.74) is 3.92. The summed E-state index contributed by atoms with van der Waals surface area (Å²) in [4.78, 5) is 8.64. The first kappa shape index (κ1) is 25.0. The largest absolute Gasteiger partial charge is 0.489 e. The third-order valence-corrected chi connectivity index (χ3v) is 6.02. The van der Waals surface area contributed by atoms with Crippen LogP contribution in [0.25, 0.3) is 0 Å². The molecular formula is C24H25Cl2N5OS. The van der Waals surface area contributed by atoms with Crippen LogP contribution in [-0.4, -0.2) is 28.7 Å². The first-order valence-electron chi connectivity index (χ1n) is 10.3. The summed E-state index contributed by atoms with van der Waals surface area (Å²) in [5, 5.41) is 13.4. The number of hydrogen-bond donors (Lipinski definition) is 2. The summed E-state index contributed by atoms with van der Waals surface area (Å²) in [6, 6.07) is 16.0. The number of benzene rings is 2. The van der Waals surface area contributed by atoms with E-state index in [1.807, 2.05) is 36.6 Å². The number of hydrogen-bond acceptors (Lipinski definition) is 7. The van der Waals surface area contributed by atoms with Crippen LogP contribution in [0.3, 0.4) is 0 Å². The molecular weight excluding hydrogens is 477 g/mol. The van der Waals surface area contributed by atoms with E-state index in [-0.39, 0.29) is 12.0 Å². The molecule has 3 aromatic rings. The Morgan fingerprint density at radius 3 is 2.58 bits per heavy atom. The van der Waals surface area contributed by atoms with Crippen LogP contribution in [0.4, 0.5) is 11.6 Å². The molecule has 2 N–H and O–H groups in total. The van der Waals surface area contributed by atoms with Crippen LogP contribution in [0.1, 0.15) is 36.2 Å². The predicted octanol–water partition coefficient (Wildman–Crippen LogP) is 6.25. The highest BCUT2D eigenvalue weighted by Gasteiger charge is 2.26. The molecule has 172 valence electrons. The van der Waals surface area contributed by atoms with Crippen molar-refractivity contribution in [1.29, 1.82) is 5.26 Å². The Morgan fingerprint density at radius 1 is 1.15 bits per heavy atom. The van der Waals surface area contributed by atoms with Gasteiger partial charge in [0, 0.05) is 23.6 Å². The predicted molar refractivity (Wildman–Crippen MR) is 137 cm³/mol. The fraction of sp³-hybridized carbons (Fsp3) is 0.292. The zero-order valence-corrected chi connectivity index (χ0v) is 21.0. The lowest BCUT2D eigenvalue weighted by atomic mass is 9.77. The maximum absolute atomic E-state index is 9.60. The Kier molecular flexibility index (Phi) is 8.67. The number of aromatic nitrogens is 2. The van der Waals surface area contributed by atoms with Gasteiger partial charge in [-0.15, -0.1) is 11.6 Å². The molecule has 6 nitrogen and oxygen atoms in total. The first-order valence-corrected chi connectivity index (χ1v) is 12.4. The summed E-state index contributed by atoms with van der Waals surface area (Å²) < 4.78 is 8.61. The summed E-state index contributed by atoms with van der Waals surface area (Å²) >= 11 is 13.6. The van der Waals surface area contributed by atoms with Crippen molar-refractivity contribution in [2.24, 2.45) is 0 Å². The summed E-state index contributed by atoms with van der Waals surface area (Å²) in [6.45, 7) is 5.07. The molecule has 33 heavy (non-hydrogen) atoms. The molecule has 0 aliphatic rings. The number of ether oxygens (including phenoxy) is 1. The van der Waals surface area contributed by atoms with Gasteiger partial charge >= 0.3 is 0 Å². The molecule has 0 unspecified atom stereocenters. The topological polar surface area (TPSA) is 82.9 Å². The van der Waals surface area contributed by atoms with Crippen molar-refractivity contribution >= 4 is 46.8 Å². The van der Waals surface area contributed by atoms with E-state index in [2.05, 4.69) is 52.1 Å². The van der Waals surface area contributed by atoms with Gasteiger partial charge in [-0.2, -0.15) is 5.26 Å². The minimum absolute atomic E-state index is 0.289. The minimum Gasteiger partial charge on any atom is -0.489 e. The monoisotopic (exact) mass is 501 g/mol. The van der Waals surface area contributed by atoms with Gasteiger partial charge in [0.1, 0.15) is 12.7 Å². The molecule has 0 aliphatic heterocycles. The molecule has 0 saturated heterocycles. The number of nitrogens with one attached hydrogen (secondary N) is 2. The molecule has 1 aromatic heterocycles. The van der Waals surface area contributed by atoms with E-state index in [1.54, 1.807) is 6.20 Å². The molecule has 0 aliphatic carbocycles. The SMILES string of the molecule is CSNc1nccc(CNc2ccc(C(C)(C)c3cc(Cl)c(OCCCl)c(C#N)c3)cc2)n1. The highest BCUT2D eigenvalue weighted by molar-refractivity contribution is 7.99. The van der Waals surface area contributed by atoms with Gasteiger partial charge in [-0.25, -0.2) is 9.97 Å². The number of anilines is 2. The van der Waals surface area contributed by atoms with Crippen LogP contribution in [0.15, 0.2) is 48.7 Å². The van der Waals surface area contributed by atoms with E-state index in [4.69, 9.17) is 27.9 Å². The van der Waals surface area contributed by atoms with E-state index in [9.17, 15) is 5.26 Å². The summed E-state index contributed by atoms with van der Waals surface area (Å²) in [6.07, 6.45) is 3.66. The van der Waals surface area contributed by atoms with Crippen LogP contribution in [-0.2, 0) is 12.0 Å². The third-order valence-electron chi connectivity index (χ3n) is 5.20. The first-order chi connectivity index (χ1) is 15.9. The quantitative estimate of drug-likeness (QED) is 0.251. The standard InChI is InChI=1S/C24H25Cl2N5OS/c1-24(2,18-12-16(14-27)22(21(26)13-18)32-11-9-25)17-4-6-19(7-5-17)29-15-20-8-10-28-23(30-20)31-33-3/h4-8,10,12-13,29H,9,11,15H2,1-3H3,(H,28,30,31). The average molecular weight is 502 g/mol. The molecule has 0 radical (unpaired) electrons. The molecule has 2 aromatic carbocycles. The van der Waals surface area contributed by atoms with Crippen molar-refractivity contribution in [3.63, 3.8) is 0 Å². The van der Waals surface area contributed by atoms with Crippen molar-refractivity contribution in [1.82, 2.24) is 9.97 Å². The zero-order valence-electron chi connectivity index (χ0n) is 18.7. The van der Waals surface area contributed by atoms with Crippen molar-refractivity contribution in [2.45, 2.75) is 25.8 Å². The molecule has 3 rings (SSSR count). The van der Waals surface area contributed by atoms with Crippen LogP contribution >= 0.6 is 35.1 Å². The molecule has 0 fully saturated rings. The van der Waals surface area contributed by atoms with Gasteiger partial charge in [-0.1, -0.05) is 49.5 Å². The lowest BCUT2D eigenvalue weighted by molar-refractivity contribution is 0.341. The minimum atomic E-state index is -0.371. The summed E-state index contributed by atoms with van der Waals surface area (Å²) in [7, 11) is 0. The van der Waals surface area contributed by atoms with Gasteiger partial charge in [0.05, 0.1) is 28.7 Å². The molecule has 0 amide bonds. The fourth-order valence-corrected chi connectivity index (χ4v) is 3.96. The number of alkyl halides is 1. The van der Waals surface area contributed by atoms with Crippen molar-refractivity contribution in [3.8, 4) is 11.8 Å². The highest BCUT2D eigenvalue weighted by Crippen LogP contribution is 2.38. The molecule has 0 atom stereocenters. The van der Waals surface area contributed by atoms with Gasteiger partial charge in [0.15, 0.2) is 5.75 Å². The Morgan fingerprint density at radius 2 is 1.91 bits per heavy atom. The van der Waals surface area contributed by atoms with Crippen LogP contribution < -0.4 is 14.8 Å². The van der Waals surface area contributed by atoms with Gasteiger partial charge in [-0.05, 0) is 41.5 Å². The fourth-order valence-electron chi connectivity index (χ4n) is 3.32. The molecule has 0 spiro atoms. The Hall–Kier alpha value is -2.66. The van der Waals surface area contributed by atoms with E-state index in [1.165, 1.54) is 11.9 Å². The highest BCUT2D eigenvalue weighted by atomic mass is 35.5. The van der Waals surface area contributed by atoms with Crippen LogP contribution in [0, 0.1) is 11.3 Å². The van der Waals surface area contributed by atoms with Gasteiger partial charge in [0.2, 0.25) is 5.95 Å². The Labute approximate surface area is 208 Å². The van der Waals surface area contributed by atoms with Crippen LogP contribution in [0.2, 0.25) is 5.02 Å². The third kappa shape index (κ3) is 6.23. The Balaban J connectivity index is 1.76. The summed E-state index contributed by atoms with van der Waals surface area (Å²) in [5.74, 6) is 1.29.